The van der Waals surface area contributed by atoms with Crippen molar-refractivity contribution in [2.24, 2.45) is 0 Å². The maximum Gasteiger partial charge on any atom is 0.243 e. The molecule has 120 valence electrons. The number of benzene rings is 1. The van der Waals surface area contributed by atoms with Crippen LogP contribution in [0, 0.1) is 0 Å². The van der Waals surface area contributed by atoms with Crippen molar-refractivity contribution in [2.45, 2.75) is 13.8 Å². The second kappa shape index (κ2) is 8.78. The van der Waals surface area contributed by atoms with Gasteiger partial charge in [0.25, 0.3) is 0 Å². The van der Waals surface area contributed by atoms with Crippen LogP contribution in [-0.4, -0.2) is 49.3 Å². The van der Waals surface area contributed by atoms with Gasteiger partial charge in [0.15, 0.2) is 0 Å². The van der Waals surface area contributed by atoms with E-state index in [0.29, 0.717) is 17.9 Å². The predicted molar refractivity (Wildman–Crippen MR) is 85.6 cm³/mol. The number of hydrogen-bond donors (Lipinski definition) is 3. The van der Waals surface area contributed by atoms with Gasteiger partial charge in [-0.3, -0.25) is 14.4 Å². The van der Waals surface area contributed by atoms with Crippen LogP contribution in [0.25, 0.3) is 0 Å². The van der Waals surface area contributed by atoms with E-state index in [2.05, 4.69) is 16.0 Å². The van der Waals surface area contributed by atoms with E-state index in [1.165, 1.54) is 11.8 Å². The number of carbonyl (C=O) groups excluding carboxylic acids is 3. The Labute approximate surface area is 130 Å². The first-order valence-corrected chi connectivity index (χ1v) is 7.06. The van der Waals surface area contributed by atoms with Crippen LogP contribution >= 0.6 is 0 Å². The molecule has 0 unspecified atom stereocenters. The zero-order valence-corrected chi connectivity index (χ0v) is 13.1. The second-order valence-corrected chi connectivity index (χ2v) is 4.74. The molecule has 22 heavy (non-hydrogen) atoms. The fourth-order valence-electron chi connectivity index (χ4n) is 1.85. The number of hydrogen-bond acceptors (Lipinski definition) is 4. The van der Waals surface area contributed by atoms with E-state index in [9.17, 15) is 14.4 Å². The monoisotopic (exact) mass is 306 g/mol. The van der Waals surface area contributed by atoms with Gasteiger partial charge in [0.2, 0.25) is 17.7 Å². The second-order valence-electron chi connectivity index (χ2n) is 4.74. The zero-order valence-electron chi connectivity index (χ0n) is 13.1. The first-order chi connectivity index (χ1) is 10.5. The summed E-state index contributed by atoms with van der Waals surface area (Å²) in [6.45, 7) is 3.92. The normalized spacial score (nSPS) is 9.95. The highest BCUT2D eigenvalue weighted by Crippen LogP contribution is 2.13. The van der Waals surface area contributed by atoms with Crippen LogP contribution in [0.5, 0.6) is 0 Å². The summed E-state index contributed by atoms with van der Waals surface area (Å²) in [4.78, 5) is 36.1. The predicted octanol–water partition coefficient (Wildman–Crippen LogP) is 0.651. The summed E-state index contributed by atoms with van der Waals surface area (Å²) in [6, 6.07) is 6.77. The van der Waals surface area contributed by atoms with Crippen molar-refractivity contribution in [2.75, 3.05) is 37.3 Å². The third kappa shape index (κ3) is 5.92. The summed E-state index contributed by atoms with van der Waals surface area (Å²) in [7, 11) is 1.68. The van der Waals surface area contributed by atoms with Gasteiger partial charge in [0.1, 0.15) is 0 Å². The molecule has 0 radical (unpaired) electrons. The van der Waals surface area contributed by atoms with Crippen LogP contribution in [0.1, 0.15) is 13.8 Å². The Morgan fingerprint density at radius 2 is 1.59 bits per heavy atom. The molecule has 0 saturated heterocycles. The Hall–Kier alpha value is -2.41. The number of likely N-dealkylation sites (N-methyl/N-ethyl adjacent to an activating group) is 2. The molecule has 3 amide bonds. The summed E-state index contributed by atoms with van der Waals surface area (Å²) in [5.41, 5.74) is 1.26. The minimum Gasteiger partial charge on any atom is -0.333 e. The molecule has 0 heterocycles. The van der Waals surface area contributed by atoms with Crippen molar-refractivity contribution in [3.8, 4) is 0 Å². The van der Waals surface area contributed by atoms with Crippen LogP contribution in [-0.2, 0) is 14.4 Å². The molecule has 0 bridgehead atoms. The van der Waals surface area contributed by atoms with Gasteiger partial charge < -0.3 is 20.9 Å². The third-order valence-corrected chi connectivity index (χ3v) is 2.89. The highest BCUT2D eigenvalue weighted by molar-refractivity contribution is 5.95. The van der Waals surface area contributed by atoms with Gasteiger partial charge in [-0.15, -0.1) is 0 Å². The minimum absolute atomic E-state index is 0.00443. The van der Waals surface area contributed by atoms with E-state index < -0.39 is 0 Å². The van der Waals surface area contributed by atoms with Gasteiger partial charge in [0.05, 0.1) is 13.1 Å². The molecule has 0 saturated carbocycles. The lowest BCUT2D eigenvalue weighted by Gasteiger charge is -2.20. The average Bonchev–Trinajstić information content (AvgIpc) is 2.46. The fraction of sp³-hybridized carbons (Fsp3) is 0.400. The highest BCUT2D eigenvalue weighted by Gasteiger charge is 2.14. The third-order valence-electron chi connectivity index (χ3n) is 2.89. The minimum atomic E-state index is -0.265. The van der Waals surface area contributed by atoms with Crippen molar-refractivity contribution in [1.29, 1.82) is 0 Å². The maximum atomic E-state index is 12.0. The van der Waals surface area contributed by atoms with Gasteiger partial charge in [-0.2, -0.15) is 0 Å². The first-order valence-electron chi connectivity index (χ1n) is 7.06. The maximum absolute atomic E-state index is 12.0. The Morgan fingerprint density at radius 1 is 1.05 bits per heavy atom. The molecule has 3 N–H and O–H groups in total. The van der Waals surface area contributed by atoms with Gasteiger partial charge in [-0.05, 0) is 38.2 Å². The van der Waals surface area contributed by atoms with E-state index in [1.807, 2.05) is 6.92 Å². The molecule has 0 aliphatic carbocycles. The van der Waals surface area contributed by atoms with E-state index in [0.717, 1.165) is 0 Å². The summed E-state index contributed by atoms with van der Waals surface area (Å²) in [6.07, 6.45) is 0. The summed E-state index contributed by atoms with van der Waals surface area (Å²) in [5, 5.41) is 8.13. The molecule has 0 spiro atoms. The number of nitrogens with one attached hydrogen (secondary N) is 3. The van der Waals surface area contributed by atoms with E-state index in [-0.39, 0.29) is 30.8 Å². The number of rotatable bonds is 7. The molecule has 0 atom stereocenters. The molecule has 1 rings (SSSR count). The largest absolute Gasteiger partial charge is 0.333 e. The SMILES string of the molecule is CCN(CC(=O)Nc1ccc(NC(C)=O)cc1)C(=O)CNC. The lowest BCUT2D eigenvalue weighted by Crippen LogP contribution is -2.41. The smallest absolute Gasteiger partial charge is 0.243 e. The molecule has 0 fully saturated rings. The lowest BCUT2D eigenvalue weighted by atomic mass is 10.2. The zero-order chi connectivity index (χ0) is 16.5. The standard InChI is InChI=1S/C15H22N4O3/c1-4-19(15(22)9-16-3)10-14(21)18-13-7-5-12(6-8-13)17-11(2)20/h5-8,16H,4,9-10H2,1-3H3,(H,17,20)(H,18,21). The van der Waals surface area contributed by atoms with Crippen LogP contribution in [0.4, 0.5) is 11.4 Å². The lowest BCUT2D eigenvalue weighted by molar-refractivity contribution is -0.133. The number of amides is 3. The molecule has 7 heteroatoms. The fourth-order valence-corrected chi connectivity index (χ4v) is 1.85. The van der Waals surface area contributed by atoms with Crippen molar-refractivity contribution >= 4 is 29.1 Å². The van der Waals surface area contributed by atoms with E-state index >= 15 is 0 Å². The summed E-state index contributed by atoms with van der Waals surface area (Å²) >= 11 is 0. The summed E-state index contributed by atoms with van der Waals surface area (Å²) in [5.74, 6) is -0.543. The molecule has 0 aliphatic heterocycles. The quantitative estimate of drug-likeness (QED) is 0.690. The van der Waals surface area contributed by atoms with Crippen molar-refractivity contribution in [3.63, 3.8) is 0 Å². The molecular formula is C15H22N4O3. The van der Waals surface area contributed by atoms with E-state index in [1.54, 1.807) is 31.3 Å². The van der Waals surface area contributed by atoms with Crippen molar-refractivity contribution in [3.05, 3.63) is 24.3 Å². The molecule has 1 aromatic rings. The van der Waals surface area contributed by atoms with Crippen LogP contribution in [0.3, 0.4) is 0 Å². The number of anilines is 2. The Morgan fingerprint density at radius 3 is 2.05 bits per heavy atom. The van der Waals surface area contributed by atoms with Gasteiger partial charge in [-0.1, -0.05) is 0 Å². The van der Waals surface area contributed by atoms with Crippen molar-refractivity contribution in [1.82, 2.24) is 10.2 Å². The topological polar surface area (TPSA) is 90.5 Å². The van der Waals surface area contributed by atoms with E-state index in [4.69, 9.17) is 0 Å². The first kappa shape index (κ1) is 17.6. The highest BCUT2D eigenvalue weighted by atomic mass is 16.2. The average molecular weight is 306 g/mol. The van der Waals surface area contributed by atoms with Gasteiger partial charge in [0, 0.05) is 24.8 Å². The number of carbonyl (C=O) groups is 3. The Kier molecular flexibility index (Phi) is 7.04. The Bertz CT molecular complexity index is 528. The van der Waals surface area contributed by atoms with Crippen LogP contribution in [0.15, 0.2) is 24.3 Å². The molecule has 7 nitrogen and oxygen atoms in total. The molecule has 0 aliphatic rings. The number of nitrogens with zero attached hydrogens (tertiary/aromatic N) is 1. The molecule has 1 aromatic carbocycles. The van der Waals surface area contributed by atoms with Crippen molar-refractivity contribution < 1.29 is 14.4 Å². The van der Waals surface area contributed by atoms with Gasteiger partial charge >= 0.3 is 0 Å². The van der Waals surface area contributed by atoms with Gasteiger partial charge in [-0.25, -0.2) is 0 Å². The Balaban J connectivity index is 2.56. The van der Waals surface area contributed by atoms with Crippen LogP contribution in [0.2, 0.25) is 0 Å². The van der Waals surface area contributed by atoms with Crippen LogP contribution < -0.4 is 16.0 Å². The summed E-state index contributed by atoms with van der Waals surface area (Å²) < 4.78 is 0. The molecule has 0 aromatic heterocycles. The molecular weight excluding hydrogens is 284 g/mol.